The Bertz CT molecular complexity index is 582. The van der Waals surface area contributed by atoms with Crippen molar-refractivity contribution in [3.8, 4) is 0 Å². The molecule has 3 rings (SSSR count). The molecule has 1 spiro atoms. The van der Waals surface area contributed by atoms with E-state index in [-0.39, 0.29) is 42.2 Å². The van der Waals surface area contributed by atoms with Crippen LogP contribution < -0.4 is 16.0 Å². The van der Waals surface area contributed by atoms with Gasteiger partial charge in [0, 0.05) is 12.6 Å². The van der Waals surface area contributed by atoms with Crippen LogP contribution in [0.15, 0.2) is 0 Å². The lowest BCUT2D eigenvalue weighted by Gasteiger charge is -2.42. The number of hydrogen-bond acceptors (Lipinski definition) is 4. The van der Waals surface area contributed by atoms with Gasteiger partial charge in [-0.15, -0.1) is 12.4 Å². The van der Waals surface area contributed by atoms with Crippen LogP contribution in [-0.4, -0.2) is 54.0 Å². The van der Waals surface area contributed by atoms with Crippen LogP contribution in [0, 0.1) is 11.3 Å². The van der Waals surface area contributed by atoms with Crippen LogP contribution in [0.5, 0.6) is 0 Å². The molecule has 1 aliphatic carbocycles. The standard InChI is InChI=1S/C19H32N4O3.ClH/c1-4-18(2,3)13-5-8-19(9-6-13)16(25)23(17(26)22-19)12-15(24)21-14-7-10-20-11-14;/h13-14,20H,4-12H2,1-3H3,(H,21,24)(H,22,26);1H. The Kier molecular flexibility index (Phi) is 6.79. The lowest BCUT2D eigenvalue weighted by molar-refractivity contribution is -0.136. The topological polar surface area (TPSA) is 90.5 Å². The van der Waals surface area contributed by atoms with Gasteiger partial charge in [-0.05, 0) is 50.0 Å². The van der Waals surface area contributed by atoms with Gasteiger partial charge in [0.1, 0.15) is 12.1 Å². The van der Waals surface area contributed by atoms with E-state index in [0.717, 1.165) is 43.7 Å². The summed E-state index contributed by atoms with van der Waals surface area (Å²) >= 11 is 0. The molecule has 27 heavy (non-hydrogen) atoms. The van der Waals surface area contributed by atoms with Crippen molar-refractivity contribution in [2.45, 2.75) is 70.9 Å². The van der Waals surface area contributed by atoms with Crippen molar-refractivity contribution in [2.75, 3.05) is 19.6 Å². The Morgan fingerprint density at radius 2 is 1.93 bits per heavy atom. The summed E-state index contributed by atoms with van der Waals surface area (Å²) in [6.45, 7) is 8.19. The highest BCUT2D eigenvalue weighted by atomic mass is 35.5. The fraction of sp³-hybridized carbons (Fsp3) is 0.842. The number of nitrogens with zero attached hydrogens (tertiary/aromatic N) is 1. The average molecular weight is 401 g/mol. The van der Waals surface area contributed by atoms with E-state index in [1.807, 2.05) is 0 Å². The largest absolute Gasteiger partial charge is 0.350 e. The summed E-state index contributed by atoms with van der Waals surface area (Å²) in [5.41, 5.74) is -0.547. The van der Waals surface area contributed by atoms with E-state index in [1.165, 1.54) is 0 Å². The van der Waals surface area contributed by atoms with Crippen LogP contribution in [0.25, 0.3) is 0 Å². The minimum atomic E-state index is -0.799. The number of rotatable bonds is 5. The maximum Gasteiger partial charge on any atom is 0.325 e. The molecule has 0 aromatic heterocycles. The second-order valence-electron chi connectivity index (χ2n) is 8.78. The predicted octanol–water partition coefficient (Wildman–Crippen LogP) is 1.80. The first-order chi connectivity index (χ1) is 12.3. The molecule has 3 fully saturated rings. The molecule has 2 heterocycles. The van der Waals surface area contributed by atoms with Gasteiger partial charge in [-0.3, -0.25) is 14.5 Å². The molecule has 8 heteroatoms. The van der Waals surface area contributed by atoms with E-state index < -0.39 is 11.6 Å². The van der Waals surface area contributed by atoms with Crippen LogP contribution in [0.1, 0.15) is 59.3 Å². The lowest BCUT2D eigenvalue weighted by atomic mass is 9.65. The molecule has 154 valence electrons. The minimum Gasteiger partial charge on any atom is -0.350 e. The maximum atomic E-state index is 12.9. The first-order valence-electron chi connectivity index (χ1n) is 9.91. The summed E-state index contributed by atoms with van der Waals surface area (Å²) in [6.07, 6.45) is 5.17. The monoisotopic (exact) mass is 400 g/mol. The minimum absolute atomic E-state index is 0. The Hall–Kier alpha value is -1.34. The molecular weight excluding hydrogens is 368 g/mol. The van der Waals surface area contributed by atoms with E-state index in [2.05, 4.69) is 36.7 Å². The first kappa shape index (κ1) is 22.0. The van der Waals surface area contributed by atoms with Crippen molar-refractivity contribution < 1.29 is 14.4 Å². The average Bonchev–Trinajstić information content (AvgIpc) is 3.18. The maximum absolute atomic E-state index is 12.9. The zero-order valence-electron chi connectivity index (χ0n) is 16.6. The van der Waals surface area contributed by atoms with E-state index in [1.54, 1.807) is 0 Å². The van der Waals surface area contributed by atoms with Crippen LogP contribution in [0.4, 0.5) is 4.79 Å². The van der Waals surface area contributed by atoms with Gasteiger partial charge in [0.2, 0.25) is 5.91 Å². The van der Waals surface area contributed by atoms with Crippen molar-refractivity contribution in [1.82, 2.24) is 20.9 Å². The number of amides is 4. The molecule has 0 radical (unpaired) electrons. The first-order valence-corrected chi connectivity index (χ1v) is 9.91. The number of nitrogens with one attached hydrogen (secondary N) is 3. The molecule has 2 saturated heterocycles. The SMILES string of the molecule is CCC(C)(C)C1CCC2(CC1)NC(=O)N(CC(=O)NC1CCNC1)C2=O.Cl. The molecule has 1 atom stereocenters. The molecular formula is C19H33ClN4O3. The summed E-state index contributed by atoms with van der Waals surface area (Å²) in [7, 11) is 0. The summed E-state index contributed by atoms with van der Waals surface area (Å²) in [6, 6.07) is -0.341. The molecule has 1 saturated carbocycles. The van der Waals surface area contributed by atoms with Gasteiger partial charge in [0.15, 0.2) is 0 Å². The molecule has 3 N–H and O–H groups in total. The molecule has 4 amide bonds. The van der Waals surface area contributed by atoms with Gasteiger partial charge in [-0.2, -0.15) is 0 Å². The summed E-state index contributed by atoms with van der Waals surface area (Å²) in [5.74, 6) is 0.0741. The Balaban J connectivity index is 0.00000261. The third kappa shape index (κ3) is 4.40. The normalized spacial score (nSPS) is 31.0. The second-order valence-corrected chi connectivity index (χ2v) is 8.78. The van der Waals surface area contributed by atoms with Gasteiger partial charge in [0.05, 0.1) is 0 Å². The van der Waals surface area contributed by atoms with Crippen molar-refractivity contribution >= 4 is 30.3 Å². The van der Waals surface area contributed by atoms with Crippen LogP contribution in [0.3, 0.4) is 0 Å². The third-order valence-electron chi connectivity index (χ3n) is 6.83. The molecule has 0 bridgehead atoms. The number of urea groups is 1. The van der Waals surface area contributed by atoms with E-state index in [9.17, 15) is 14.4 Å². The van der Waals surface area contributed by atoms with Crippen LogP contribution in [-0.2, 0) is 9.59 Å². The molecule has 0 aromatic rings. The van der Waals surface area contributed by atoms with Crippen molar-refractivity contribution in [1.29, 1.82) is 0 Å². The zero-order valence-corrected chi connectivity index (χ0v) is 17.4. The summed E-state index contributed by atoms with van der Waals surface area (Å²) < 4.78 is 0. The highest BCUT2D eigenvalue weighted by molar-refractivity contribution is 6.09. The predicted molar refractivity (Wildman–Crippen MR) is 106 cm³/mol. The van der Waals surface area contributed by atoms with E-state index in [0.29, 0.717) is 18.8 Å². The fourth-order valence-electron chi connectivity index (χ4n) is 4.53. The van der Waals surface area contributed by atoms with Crippen LogP contribution in [0.2, 0.25) is 0 Å². The second kappa shape index (κ2) is 8.35. The summed E-state index contributed by atoms with van der Waals surface area (Å²) in [5, 5.41) is 8.98. The Morgan fingerprint density at radius 1 is 1.26 bits per heavy atom. The quantitative estimate of drug-likeness (QED) is 0.614. The number of halogens is 1. The van der Waals surface area contributed by atoms with Crippen molar-refractivity contribution in [3.63, 3.8) is 0 Å². The molecule has 2 aliphatic heterocycles. The number of carbonyl (C=O) groups is 3. The zero-order chi connectivity index (χ0) is 18.9. The van der Waals surface area contributed by atoms with Gasteiger partial charge in [-0.1, -0.05) is 27.2 Å². The Labute approximate surface area is 167 Å². The highest BCUT2D eigenvalue weighted by Gasteiger charge is 2.53. The molecule has 0 aromatic carbocycles. The summed E-state index contributed by atoms with van der Waals surface area (Å²) in [4.78, 5) is 38.6. The van der Waals surface area contributed by atoms with Crippen LogP contribution >= 0.6 is 12.4 Å². The van der Waals surface area contributed by atoms with Gasteiger partial charge >= 0.3 is 6.03 Å². The molecule has 3 aliphatic rings. The van der Waals surface area contributed by atoms with Crippen molar-refractivity contribution in [2.24, 2.45) is 11.3 Å². The van der Waals surface area contributed by atoms with E-state index in [4.69, 9.17) is 0 Å². The van der Waals surface area contributed by atoms with Gasteiger partial charge in [-0.25, -0.2) is 4.79 Å². The van der Waals surface area contributed by atoms with Gasteiger partial charge < -0.3 is 16.0 Å². The van der Waals surface area contributed by atoms with Crippen molar-refractivity contribution in [3.05, 3.63) is 0 Å². The third-order valence-corrected chi connectivity index (χ3v) is 6.83. The smallest absolute Gasteiger partial charge is 0.325 e. The molecule has 7 nitrogen and oxygen atoms in total. The fourth-order valence-corrected chi connectivity index (χ4v) is 4.53. The number of imide groups is 1. The number of carbonyl (C=O) groups excluding carboxylic acids is 3. The highest BCUT2D eigenvalue weighted by Crippen LogP contribution is 2.45. The number of hydrogen-bond donors (Lipinski definition) is 3. The van der Waals surface area contributed by atoms with E-state index >= 15 is 0 Å². The van der Waals surface area contributed by atoms with Gasteiger partial charge in [0.25, 0.3) is 5.91 Å². The lowest BCUT2D eigenvalue weighted by Crippen LogP contribution is -2.51. The Morgan fingerprint density at radius 3 is 2.48 bits per heavy atom. The molecule has 1 unspecified atom stereocenters.